The third-order valence-corrected chi connectivity index (χ3v) is 23.4. The van der Waals surface area contributed by atoms with Gasteiger partial charge in [-0.05, 0) is 206 Å². The van der Waals surface area contributed by atoms with Gasteiger partial charge >= 0.3 is 0 Å². The summed E-state index contributed by atoms with van der Waals surface area (Å²) in [6.07, 6.45) is 0. The van der Waals surface area contributed by atoms with Crippen LogP contribution in [-0.2, 0) is 21.7 Å². The first kappa shape index (κ1) is 52.0. The summed E-state index contributed by atoms with van der Waals surface area (Å²) in [4.78, 5) is 2.54. The van der Waals surface area contributed by atoms with Gasteiger partial charge in [-0.15, -0.1) is 0 Å². The maximum atomic E-state index is 7.20. The Hall–Kier alpha value is -11.5. The first-order valence-corrected chi connectivity index (χ1v) is 33.6. The molecule has 0 bridgehead atoms. The molecule has 3 nitrogen and oxygen atoms in total. The molecule has 0 unspecified atom stereocenters. The van der Waals surface area contributed by atoms with Crippen LogP contribution >= 0.6 is 0 Å². The molecule has 0 atom stereocenters. The van der Waals surface area contributed by atoms with Gasteiger partial charge in [-0.2, -0.15) is 0 Å². The molecule has 16 aromatic rings. The van der Waals surface area contributed by atoms with E-state index < -0.39 is 16.2 Å². The zero-order chi connectivity index (χ0) is 62.6. The topological polar surface area (TPSA) is 29.5 Å². The number of hydrogen-bond acceptors (Lipinski definition) is 3. The number of fused-ring (bicyclic) bond motifs is 36. The van der Waals surface area contributed by atoms with Gasteiger partial charge in [-0.25, -0.2) is 0 Å². The number of benzene rings is 14. The summed E-state index contributed by atoms with van der Waals surface area (Å²) >= 11 is 0. The van der Waals surface area contributed by atoms with Crippen molar-refractivity contribution < 1.29 is 8.83 Å². The van der Waals surface area contributed by atoms with E-state index in [1.54, 1.807) is 0 Å². The van der Waals surface area contributed by atoms with Crippen LogP contribution in [0.3, 0.4) is 0 Å². The first-order valence-electron chi connectivity index (χ1n) is 33.6. The van der Waals surface area contributed by atoms with Gasteiger partial charge in [0.15, 0.2) is 0 Å². The van der Waals surface area contributed by atoms with Crippen molar-refractivity contribution in [3.8, 4) is 77.9 Å². The maximum Gasteiger partial charge on any atom is 0.144 e. The average Bonchev–Trinajstić information content (AvgIpc) is 1.49. The van der Waals surface area contributed by atoms with E-state index in [9.17, 15) is 0 Å². The van der Waals surface area contributed by atoms with Gasteiger partial charge in [0.1, 0.15) is 22.3 Å². The van der Waals surface area contributed by atoms with Crippen molar-refractivity contribution in [3.05, 3.63) is 352 Å². The Morgan fingerprint density at radius 3 is 1.33 bits per heavy atom. The highest BCUT2D eigenvalue weighted by molar-refractivity contribution is 6.21. The Morgan fingerprint density at radius 2 is 0.684 bits per heavy atom. The highest BCUT2D eigenvalue weighted by Crippen LogP contribution is 2.70. The van der Waals surface area contributed by atoms with Gasteiger partial charge in [-0.1, -0.05) is 246 Å². The Bertz CT molecular complexity index is 6070. The largest absolute Gasteiger partial charge is 0.456 e. The molecule has 0 N–H and O–H groups in total. The highest BCUT2D eigenvalue weighted by atomic mass is 16.3. The fourth-order valence-corrected chi connectivity index (χ4v) is 19.7. The van der Waals surface area contributed by atoms with Crippen LogP contribution in [0.4, 0.5) is 17.1 Å². The van der Waals surface area contributed by atoms with Crippen molar-refractivity contribution in [2.24, 2.45) is 0 Å². The number of para-hydroxylation sites is 2. The van der Waals surface area contributed by atoms with E-state index in [0.717, 1.165) is 50.2 Å². The summed E-state index contributed by atoms with van der Waals surface area (Å²) in [7, 11) is 0. The summed E-state index contributed by atoms with van der Waals surface area (Å²) in [6, 6.07) is 108. The lowest BCUT2D eigenvalue weighted by molar-refractivity contribution is 0.600. The number of hydrogen-bond donors (Lipinski definition) is 0. The van der Waals surface area contributed by atoms with Crippen LogP contribution in [0, 0.1) is 0 Å². The van der Waals surface area contributed by atoms with E-state index >= 15 is 0 Å². The lowest BCUT2D eigenvalue weighted by Crippen LogP contribution is -2.27. The second-order valence-corrected chi connectivity index (χ2v) is 28.4. The van der Waals surface area contributed by atoms with E-state index in [4.69, 9.17) is 8.83 Å². The lowest BCUT2D eigenvalue weighted by atomic mass is 9.68. The van der Waals surface area contributed by atoms with Crippen LogP contribution in [0.2, 0.25) is 0 Å². The van der Waals surface area contributed by atoms with E-state index in [0.29, 0.717) is 0 Å². The zero-order valence-electron chi connectivity index (χ0n) is 52.9. The molecule has 444 valence electrons. The van der Waals surface area contributed by atoms with Crippen LogP contribution in [-0.4, -0.2) is 0 Å². The molecule has 0 saturated heterocycles. The van der Waals surface area contributed by atoms with Crippen molar-refractivity contribution in [1.82, 2.24) is 0 Å². The Balaban J connectivity index is 0.812. The van der Waals surface area contributed by atoms with Crippen LogP contribution in [0.1, 0.15) is 94.5 Å². The molecule has 6 aliphatic carbocycles. The number of rotatable bonds is 4. The van der Waals surface area contributed by atoms with Crippen molar-refractivity contribution in [2.75, 3.05) is 4.90 Å². The average molecular weight is 1210 g/mol. The summed E-state index contributed by atoms with van der Waals surface area (Å²) < 4.78 is 14.1. The third kappa shape index (κ3) is 6.16. The molecule has 2 heterocycles. The second kappa shape index (κ2) is 17.8. The zero-order valence-corrected chi connectivity index (χ0v) is 52.9. The van der Waals surface area contributed by atoms with Crippen molar-refractivity contribution in [3.63, 3.8) is 0 Å². The molecule has 6 aliphatic rings. The van der Waals surface area contributed by atoms with Gasteiger partial charge in [-0.3, -0.25) is 0 Å². The van der Waals surface area contributed by atoms with Gasteiger partial charge in [0.25, 0.3) is 0 Å². The molecule has 22 rings (SSSR count). The fraction of sp³-hybridized carbons (Fsp3) is 0.0870. The predicted octanol–water partition coefficient (Wildman–Crippen LogP) is 23.9. The molecular weight excluding hydrogens is 1150 g/mol. The third-order valence-electron chi connectivity index (χ3n) is 23.4. The molecule has 95 heavy (non-hydrogen) atoms. The lowest BCUT2D eigenvalue weighted by Gasteiger charge is -2.33. The minimum Gasteiger partial charge on any atom is -0.456 e. The number of anilines is 3. The molecule has 0 saturated carbocycles. The normalized spacial score (nSPS) is 15.5. The molecule has 0 radical (unpaired) electrons. The van der Waals surface area contributed by atoms with E-state index in [2.05, 4.69) is 318 Å². The van der Waals surface area contributed by atoms with Crippen LogP contribution in [0.5, 0.6) is 0 Å². The van der Waals surface area contributed by atoms with Crippen LogP contribution < -0.4 is 4.90 Å². The Kier molecular flexibility index (Phi) is 9.74. The summed E-state index contributed by atoms with van der Waals surface area (Å²) in [5.74, 6) is 0. The molecule has 2 aromatic heterocycles. The molecule has 0 amide bonds. The summed E-state index contributed by atoms with van der Waals surface area (Å²) in [5.41, 5.74) is 38.5. The predicted molar refractivity (Wildman–Crippen MR) is 389 cm³/mol. The fourth-order valence-electron chi connectivity index (χ4n) is 19.7. The second-order valence-electron chi connectivity index (χ2n) is 28.4. The quantitative estimate of drug-likeness (QED) is 0.176. The first-order chi connectivity index (χ1) is 46.6. The smallest absolute Gasteiger partial charge is 0.144 e. The molecule has 14 aromatic carbocycles. The monoisotopic (exact) mass is 1210 g/mol. The van der Waals surface area contributed by atoms with Crippen molar-refractivity contribution in [1.29, 1.82) is 0 Å². The molecule has 0 aliphatic heterocycles. The minimum absolute atomic E-state index is 0.261. The molecule has 0 fully saturated rings. The van der Waals surface area contributed by atoms with Crippen LogP contribution in [0.15, 0.2) is 294 Å². The molecular formula is C92H59NO2. The Labute approximate surface area is 550 Å². The van der Waals surface area contributed by atoms with E-state index in [1.165, 1.54) is 155 Å². The SMILES string of the molecule is CC1(C)c2cc(N(c3ccc(-c4ccccc4)cc3)c3ccc4c(c3)C3(c5ccccc5-c5ccccc53)c3cc5c(cc3-4)C3(c4ccccc4-c4ccccc43)c3ccc4oc6ccccc6c4c3-5)ccc2-c2c1c1c(c3c2oc2ccccc23)-c2ccccc2C1(C)C. The van der Waals surface area contributed by atoms with Crippen molar-refractivity contribution in [2.45, 2.75) is 49.4 Å². The standard InChI is InChI=1S/C92H59NO2/c1-89(2)68-31-15-12-28-62(68)83-84-65-30-14-21-37-79(65)95-88(84)85-63-45-43-55(48-74(63)90(3,4)87(85)86(83)89)93(54-40-38-53(39-41-54)52-22-6-5-7-23-52)56-42-44-61-66-50-77-67(51-76(66)92(75(61)49-56)71-34-18-10-26-59(71)60-27-11-19-35-72(60)92)81-73(46-47-80-82(81)64-29-13-20-36-78(64)94-80)91(77)69-32-16-8-24-57(69)58-25-9-17-33-70(58)91/h5-51H,1-4H3. The molecule has 2 spiro atoms. The van der Waals surface area contributed by atoms with Gasteiger partial charge in [0.2, 0.25) is 0 Å². The maximum absolute atomic E-state index is 7.20. The van der Waals surface area contributed by atoms with E-state index in [1.807, 2.05) is 0 Å². The van der Waals surface area contributed by atoms with Gasteiger partial charge < -0.3 is 13.7 Å². The highest BCUT2D eigenvalue weighted by Gasteiger charge is 2.57. The Morgan fingerprint density at radius 1 is 0.253 bits per heavy atom. The minimum atomic E-state index is -0.691. The molecule has 3 heteroatoms. The summed E-state index contributed by atoms with van der Waals surface area (Å²) in [6.45, 7) is 9.80. The van der Waals surface area contributed by atoms with Crippen LogP contribution in [0.25, 0.3) is 122 Å². The summed E-state index contributed by atoms with van der Waals surface area (Å²) in [5, 5.41) is 4.69. The number of nitrogens with zero attached hydrogens (tertiary/aromatic N) is 1. The number of furan rings is 2. The van der Waals surface area contributed by atoms with Crippen molar-refractivity contribution >= 4 is 60.9 Å². The van der Waals surface area contributed by atoms with E-state index in [-0.39, 0.29) is 5.41 Å². The van der Waals surface area contributed by atoms with Gasteiger partial charge in [0.05, 0.1) is 10.8 Å². The van der Waals surface area contributed by atoms with Gasteiger partial charge in [0, 0.05) is 55.0 Å².